The number of amides is 2. The molecule has 0 fully saturated rings. The Bertz CT molecular complexity index is 944. The van der Waals surface area contributed by atoms with Crippen molar-refractivity contribution in [3.63, 3.8) is 0 Å². The van der Waals surface area contributed by atoms with Crippen LogP contribution in [0.15, 0.2) is 35.2 Å². The maximum atomic E-state index is 12.2. The lowest BCUT2D eigenvalue weighted by atomic mass is 9.99. The van der Waals surface area contributed by atoms with Crippen molar-refractivity contribution in [2.75, 3.05) is 13.7 Å². The number of carbonyl (C=O) groups excluding carboxylic acids is 2. The lowest BCUT2D eigenvalue weighted by Gasteiger charge is -2.09. The lowest BCUT2D eigenvalue weighted by Crippen LogP contribution is -2.46. The van der Waals surface area contributed by atoms with E-state index in [1.807, 2.05) is 6.07 Å². The maximum absolute atomic E-state index is 12.2. The Kier molecular flexibility index (Phi) is 6.32. The Labute approximate surface area is 167 Å². The molecular formula is C18H21N3O5S2. The molecule has 0 aliphatic heterocycles. The van der Waals surface area contributed by atoms with Crippen LogP contribution in [0.5, 0.6) is 5.75 Å². The second kappa shape index (κ2) is 8.72. The van der Waals surface area contributed by atoms with Gasteiger partial charge in [-0.25, -0.2) is 13.1 Å². The SMILES string of the molecule is COc1ccc(S(=O)(=O)NCC(=O)NNC(=O)c2cc3c(s2)CCCC3)cc1. The van der Waals surface area contributed by atoms with Gasteiger partial charge < -0.3 is 4.74 Å². The van der Waals surface area contributed by atoms with Crippen molar-refractivity contribution in [1.82, 2.24) is 15.6 Å². The highest BCUT2D eigenvalue weighted by Gasteiger charge is 2.19. The van der Waals surface area contributed by atoms with Crippen LogP contribution in [0.25, 0.3) is 0 Å². The molecule has 3 rings (SSSR count). The molecule has 10 heteroatoms. The third kappa shape index (κ3) is 4.89. The topological polar surface area (TPSA) is 114 Å². The van der Waals surface area contributed by atoms with E-state index in [0.29, 0.717) is 10.6 Å². The number of ether oxygens (including phenoxy) is 1. The number of methoxy groups -OCH3 is 1. The van der Waals surface area contributed by atoms with Crippen LogP contribution in [-0.2, 0) is 27.7 Å². The van der Waals surface area contributed by atoms with Crippen LogP contribution in [0.1, 0.15) is 33.0 Å². The molecule has 0 bridgehead atoms. The van der Waals surface area contributed by atoms with Crippen LogP contribution in [0.4, 0.5) is 0 Å². The number of sulfonamides is 1. The minimum Gasteiger partial charge on any atom is -0.497 e. The number of rotatable bonds is 6. The van der Waals surface area contributed by atoms with Gasteiger partial charge in [0, 0.05) is 4.88 Å². The van der Waals surface area contributed by atoms with Gasteiger partial charge >= 0.3 is 0 Å². The quantitative estimate of drug-likeness (QED) is 0.608. The molecule has 0 unspecified atom stereocenters. The van der Waals surface area contributed by atoms with Gasteiger partial charge in [0.05, 0.1) is 23.4 Å². The number of hydrogen-bond acceptors (Lipinski definition) is 6. The molecule has 0 radical (unpaired) electrons. The molecule has 1 aromatic carbocycles. The highest BCUT2D eigenvalue weighted by atomic mass is 32.2. The standard InChI is InChI=1S/C18H21N3O5S2/c1-26-13-6-8-14(9-7-13)28(24,25)19-11-17(22)20-21-18(23)16-10-12-4-2-3-5-15(12)27-16/h6-10,19H,2-5,11H2,1H3,(H,20,22)(H,21,23). The molecule has 2 amide bonds. The monoisotopic (exact) mass is 423 g/mol. The molecule has 150 valence electrons. The summed E-state index contributed by atoms with van der Waals surface area (Å²) in [6.45, 7) is -0.504. The number of carbonyl (C=O) groups is 2. The van der Waals surface area contributed by atoms with Crippen molar-refractivity contribution < 1.29 is 22.7 Å². The van der Waals surface area contributed by atoms with Crippen molar-refractivity contribution in [3.05, 3.63) is 45.6 Å². The molecule has 0 saturated carbocycles. The lowest BCUT2D eigenvalue weighted by molar-refractivity contribution is -0.120. The number of nitrogens with one attached hydrogen (secondary N) is 3. The van der Waals surface area contributed by atoms with E-state index in [0.717, 1.165) is 25.7 Å². The fraction of sp³-hybridized carbons (Fsp3) is 0.333. The maximum Gasteiger partial charge on any atom is 0.279 e. The number of benzene rings is 1. The molecular weight excluding hydrogens is 402 g/mol. The van der Waals surface area contributed by atoms with Crippen LogP contribution >= 0.6 is 11.3 Å². The van der Waals surface area contributed by atoms with E-state index in [4.69, 9.17) is 4.74 Å². The first-order valence-corrected chi connectivity index (χ1v) is 11.0. The summed E-state index contributed by atoms with van der Waals surface area (Å²) in [7, 11) is -2.37. The van der Waals surface area contributed by atoms with Crippen LogP contribution in [-0.4, -0.2) is 33.9 Å². The molecule has 8 nitrogen and oxygen atoms in total. The van der Waals surface area contributed by atoms with Crippen molar-refractivity contribution in [1.29, 1.82) is 0 Å². The van der Waals surface area contributed by atoms with Crippen molar-refractivity contribution >= 4 is 33.2 Å². The largest absolute Gasteiger partial charge is 0.497 e. The summed E-state index contributed by atoms with van der Waals surface area (Å²) in [4.78, 5) is 25.8. The first kappa shape index (κ1) is 20.3. The van der Waals surface area contributed by atoms with Gasteiger partial charge in [-0.3, -0.25) is 20.4 Å². The van der Waals surface area contributed by atoms with Gasteiger partial charge in [0.25, 0.3) is 11.8 Å². The van der Waals surface area contributed by atoms with Crippen LogP contribution in [0.2, 0.25) is 0 Å². The summed E-state index contributed by atoms with van der Waals surface area (Å²) < 4.78 is 31.5. The highest BCUT2D eigenvalue weighted by Crippen LogP contribution is 2.29. The minimum absolute atomic E-state index is 0.00861. The van der Waals surface area contributed by atoms with Crippen LogP contribution in [0, 0.1) is 0 Å². The summed E-state index contributed by atoms with van der Waals surface area (Å²) >= 11 is 1.43. The molecule has 0 spiro atoms. The fourth-order valence-electron chi connectivity index (χ4n) is 2.83. The molecule has 28 heavy (non-hydrogen) atoms. The molecule has 0 atom stereocenters. The zero-order chi connectivity index (χ0) is 20.1. The van der Waals surface area contributed by atoms with Gasteiger partial charge in [-0.05, 0) is 61.6 Å². The molecule has 0 saturated heterocycles. The second-order valence-corrected chi connectivity index (χ2v) is 9.17. The van der Waals surface area contributed by atoms with E-state index in [-0.39, 0.29) is 4.90 Å². The predicted molar refractivity (Wildman–Crippen MR) is 105 cm³/mol. The molecule has 3 N–H and O–H groups in total. The first-order valence-electron chi connectivity index (χ1n) is 8.73. The smallest absolute Gasteiger partial charge is 0.279 e. The third-order valence-corrected chi connectivity index (χ3v) is 6.98. The molecule has 1 aliphatic rings. The van der Waals surface area contributed by atoms with Crippen LogP contribution in [0.3, 0.4) is 0 Å². The third-order valence-electron chi connectivity index (χ3n) is 4.33. The summed E-state index contributed by atoms with van der Waals surface area (Å²) in [6.07, 6.45) is 4.20. The molecule has 2 aromatic rings. The summed E-state index contributed by atoms with van der Waals surface area (Å²) in [5.41, 5.74) is 5.74. The van der Waals surface area contributed by atoms with Crippen molar-refractivity contribution in [2.24, 2.45) is 0 Å². The van der Waals surface area contributed by atoms with E-state index in [1.54, 1.807) is 0 Å². The van der Waals surface area contributed by atoms with Gasteiger partial charge in [0.1, 0.15) is 5.75 Å². The molecule has 1 aliphatic carbocycles. The van der Waals surface area contributed by atoms with E-state index >= 15 is 0 Å². The Morgan fingerprint density at radius 3 is 2.50 bits per heavy atom. The highest BCUT2D eigenvalue weighted by molar-refractivity contribution is 7.89. The Hall–Kier alpha value is -2.43. The van der Waals surface area contributed by atoms with E-state index < -0.39 is 28.4 Å². The molecule has 1 aromatic heterocycles. The van der Waals surface area contributed by atoms with E-state index in [2.05, 4.69) is 15.6 Å². The first-order chi connectivity index (χ1) is 13.4. The average Bonchev–Trinajstić information content (AvgIpc) is 3.15. The predicted octanol–water partition coefficient (Wildman–Crippen LogP) is 1.37. The Morgan fingerprint density at radius 1 is 1.11 bits per heavy atom. The van der Waals surface area contributed by atoms with Crippen molar-refractivity contribution in [3.8, 4) is 5.75 Å². The number of hydrazine groups is 1. The number of hydrogen-bond donors (Lipinski definition) is 3. The van der Waals surface area contributed by atoms with Gasteiger partial charge in [0.2, 0.25) is 10.0 Å². The zero-order valence-corrected chi connectivity index (χ0v) is 16.9. The Morgan fingerprint density at radius 2 is 1.82 bits per heavy atom. The normalized spacial score (nSPS) is 13.5. The fourth-order valence-corrected chi connectivity index (χ4v) is 4.96. The van der Waals surface area contributed by atoms with Gasteiger partial charge in [-0.1, -0.05) is 0 Å². The number of fused-ring (bicyclic) bond motifs is 1. The Balaban J connectivity index is 1.49. The summed E-state index contributed by atoms with van der Waals surface area (Å²) in [6, 6.07) is 7.62. The van der Waals surface area contributed by atoms with Gasteiger partial charge in [0.15, 0.2) is 0 Å². The summed E-state index contributed by atoms with van der Waals surface area (Å²) in [5.74, 6) is -0.563. The number of thiophene rings is 1. The second-order valence-electron chi connectivity index (χ2n) is 6.27. The van der Waals surface area contributed by atoms with Crippen LogP contribution < -0.4 is 20.3 Å². The van der Waals surface area contributed by atoms with Crippen molar-refractivity contribution in [2.45, 2.75) is 30.6 Å². The van der Waals surface area contributed by atoms with E-state index in [1.165, 1.54) is 53.2 Å². The zero-order valence-electron chi connectivity index (χ0n) is 15.3. The number of aryl methyl sites for hydroxylation is 2. The van der Waals surface area contributed by atoms with Gasteiger partial charge in [-0.15, -0.1) is 11.3 Å². The van der Waals surface area contributed by atoms with Gasteiger partial charge in [-0.2, -0.15) is 0 Å². The van der Waals surface area contributed by atoms with E-state index in [9.17, 15) is 18.0 Å². The summed E-state index contributed by atoms with van der Waals surface area (Å²) in [5, 5.41) is 0. The minimum atomic E-state index is -3.85. The molecule has 1 heterocycles. The average molecular weight is 424 g/mol.